The number of hydrogen-bond acceptors (Lipinski definition) is 4. The van der Waals surface area contributed by atoms with Gasteiger partial charge in [0.05, 0.1) is 5.69 Å². The zero-order valence-corrected chi connectivity index (χ0v) is 23.0. The lowest BCUT2D eigenvalue weighted by atomic mass is 10.0. The van der Waals surface area contributed by atoms with Crippen LogP contribution in [-0.2, 0) is 6.54 Å². The summed E-state index contributed by atoms with van der Waals surface area (Å²) in [5, 5.41) is 3.63. The van der Waals surface area contributed by atoms with Crippen LogP contribution in [0.5, 0.6) is 0 Å². The van der Waals surface area contributed by atoms with Crippen molar-refractivity contribution in [2.45, 2.75) is 20.4 Å². The largest absolute Gasteiger partial charge is 0.322 e. The third-order valence-corrected chi connectivity index (χ3v) is 7.09. The van der Waals surface area contributed by atoms with Crippen LogP contribution in [0.3, 0.4) is 0 Å². The highest BCUT2D eigenvalue weighted by Gasteiger charge is 2.16. The molecule has 1 amide bonds. The van der Waals surface area contributed by atoms with Crippen molar-refractivity contribution in [2.24, 2.45) is 0 Å². The van der Waals surface area contributed by atoms with E-state index < -0.39 is 0 Å². The number of rotatable bonds is 6. The van der Waals surface area contributed by atoms with Crippen LogP contribution in [0.15, 0.2) is 67.4 Å². The second kappa shape index (κ2) is 12.7. The molecule has 1 aromatic heterocycles. The van der Waals surface area contributed by atoms with Gasteiger partial charge in [0.15, 0.2) is 0 Å². The zero-order chi connectivity index (χ0) is 27.1. The molecule has 1 fully saturated rings. The maximum atomic E-state index is 13.1. The lowest BCUT2D eigenvalue weighted by molar-refractivity contribution is 0.102. The number of nitrogens with zero attached hydrogens (tertiary/aromatic N) is 3. The topological polar surface area (TPSA) is 48.5 Å². The van der Waals surface area contributed by atoms with Crippen LogP contribution >= 0.6 is 11.6 Å². The van der Waals surface area contributed by atoms with Gasteiger partial charge in [0.2, 0.25) is 0 Å². The first-order chi connectivity index (χ1) is 18.4. The van der Waals surface area contributed by atoms with E-state index in [9.17, 15) is 4.79 Å². The Morgan fingerprint density at radius 3 is 2.66 bits per heavy atom. The van der Waals surface area contributed by atoms with Gasteiger partial charge in [-0.25, -0.2) is 0 Å². The number of nitrogens with one attached hydrogen (secondary N) is 1. The second-order valence-corrected chi connectivity index (χ2v) is 9.87. The number of carbonyl (C=O) groups excluding carboxylic acids is 1. The summed E-state index contributed by atoms with van der Waals surface area (Å²) >= 11 is 6.59. The van der Waals surface area contributed by atoms with Crippen molar-refractivity contribution >= 4 is 34.8 Å². The first-order valence-corrected chi connectivity index (χ1v) is 13.1. The predicted octanol–water partition coefficient (Wildman–Crippen LogP) is 6.14. The van der Waals surface area contributed by atoms with Crippen molar-refractivity contribution in [1.29, 1.82) is 0 Å². The fourth-order valence-electron chi connectivity index (χ4n) is 4.31. The maximum Gasteiger partial charge on any atom is 0.255 e. The molecule has 0 radical (unpaired) electrons. The van der Waals surface area contributed by atoms with Gasteiger partial charge in [-0.1, -0.05) is 60.4 Å². The number of halogens is 1. The number of amides is 1. The van der Waals surface area contributed by atoms with Crippen LogP contribution in [0.1, 0.15) is 45.2 Å². The van der Waals surface area contributed by atoms with Gasteiger partial charge in [-0.2, -0.15) is 0 Å². The molecule has 0 spiro atoms. The van der Waals surface area contributed by atoms with Crippen LogP contribution in [0, 0.1) is 18.8 Å². The van der Waals surface area contributed by atoms with E-state index in [2.05, 4.69) is 45.6 Å². The number of likely N-dealkylation sites (N-methyl/N-ethyl adjacent to an activating group) is 1. The maximum absolute atomic E-state index is 13.1. The van der Waals surface area contributed by atoms with Gasteiger partial charge in [-0.05, 0) is 62.4 Å². The first kappa shape index (κ1) is 27.3. The quantitative estimate of drug-likeness (QED) is 0.393. The number of anilines is 1. The smallest absolute Gasteiger partial charge is 0.255 e. The Bertz CT molecular complexity index is 1420. The molecule has 1 aliphatic rings. The van der Waals surface area contributed by atoms with Gasteiger partial charge in [0.1, 0.15) is 0 Å². The molecule has 2 aromatic carbocycles. The molecule has 5 nitrogen and oxygen atoms in total. The Kier molecular flexibility index (Phi) is 9.15. The van der Waals surface area contributed by atoms with Gasteiger partial charge < -0.3 is 10.2 Å². The summed E-state index contributed by atoms with van der Waals surface area (Å²) in [6, 6.07) is 15.1. The number of hydrogen-bond donors (Lipinski definition) is 1. The van der Waals surface area contributed by atoms with E-state index in [1.165, 1.54) is 0 Å². The highest BCUT2D eigenvalue weighted by atomic mass is 35.5. The molecule has 4 rings (SSSR count). The highest BCUT2D eigenvalue weighted by Crippen LogP contribution is 2.24. The zero-order valence-electron chi connectivity index (χ0n) is 22.2. The molecule has 6 heteroatoms. The molecular weight excluding hydrogens is 492 g/mol. The van der Waals surface area contributed by atoms with Gasteiger partial charge in [0, 0.05) is 71.9 Å². The second-order valence-electron chi connectivity index (χ2n) is 9.47. The van der Waals surface area contributed by atoms with E-state index in [-0.39, 0.29) is 5.91 Å². The van der Waals surface area contributed by atoms with E-state index >= 15 is 0 Å². The van der Waals surface area contributed by atoms with E-state index in [1.54, 1.807) is 12.3 Å². The van der Waals surface area contributed by atoms with Crippen LogP contribution < -0.4 is 5.32 Å². The highest BCUT2D eigenvalue weighted by molar-refractivity contribution is 6.31. The van der Waals surface area contributed by atoms with Crippen molar-refractivity contribution in [3.63, 3.8) is 0 Å². The fourth-order valence-corrected chi connectivity index (χ4v) is 4.55. The third kappa shape index (κ3) is 6.79. The molecule has 1 N–H and O–H groups in total. The lowest BCUT2D eigenvalue weighted by Crippen LogP contribution is -2.43. The number of allylic oxidation sites excluding steroid dienone is 2. The Morgan fingerprint density at radius 1 is 1.16 bits per heavy atom. The molecule has 3 aromatic rings. The summed E-state index contributed by atoms with van der Waals surface area (Å²) in [5.74, 6) is 6.25. The number of aryl methyl sites for hydroxylation is 1. The average Bonchev–Trinajstić information content (AvgIpc) is 2.92. The monoisotopic (exact) mass is 524 g/mol. The fraction of sp³-hybridized carbons (Fsp3) is 0.250. The van der Waals surface area contributed by atoms with Gasteiger partial charge >= 0.3 is 0 Å². The molecular formula is C32H33ClN4O. The summed E-state index contributed by atoms with van der Waals surface area (Å²) in [5.41, 5.74) is 6.56. The normalized spacial score (nSPS) is 14.5. The number of carbonyl (C=O) groups is 1. The molecule has 1 saturated heterocycles. The summed E-state index contributed by atoms with van der Waals surface area (Å²) in [6.45, 7) is 12.8. The summed E-state index contributed by atoms with van der Waals surface area (Å²) in [6.07, 6.45) is 5.45. The van der Waals surface area contributed by atoms with Crippen molar-refractivity contribution in [3.8, 4) is 11.8 Å². The number of piperazine rings is 1. The average molecular weight is 525 g/mol. The minimum absolute atomic E-state index is 0.208. The van der Waals surface area contributed by atoms with Crippen LogP contribution in [0.4, 0.5) is 5.69 Å². The van der Waals surface area contributed by atoms with Crippen LogP contribution in [0.25, 0.3) is 11.6 Å². The van der Waals surface area contributed by atoms with Crippen molar-refractivity contribution in [3.05, 3.63) is 106 Å². The first-order valence-electron chi connectivity index (χ1n) is 12.8. The van der Waals surface area contributed by atoms with Gasteiger partial charge in [-0.15, -0.1) is 0 Å². The Labute approximate surface area is 230 Å². The van der Waals surface area contributed by atoms with E-state index in [1.807, 2.05) is 68.5 Å². The molecule has 194 valence electrons. The SMILES string of the molecule is C=Cc1cccnc1/C(C#Cc1cc(C(=O)Nc2ccc(CN3CCN(C)CC3)c(Cl)c2)ccc1C)=C\C. The Hall–Kier alpha value is -3.69. The molecule has 0 atom stereocenters. The van der Waals surface area contributed by atoms with E-state index in [0.29, 0.717) is 16.3 Å². The predicted molar refractivity (Wildman–Crippen MR) is 158 cm³/mol. The number of aromatic nitrogens is 1. The van der Waals surface area contributed by atoms with E-state index in [4.69, 9.17) is 11.6 Å². The minimum atomic E-state index is -0.208. The van der Waals surface area contributed by atoms with Gasteiger partial charge in [0.25, 0.3) is 5.91 Å². The molecule has 0 bridgehead atoms. The van der Waals surface area contributed by atoms with Crippen molar-refractivity contribution in [1.82, 2.24) is 14.8 Å². The lowest BCUT2D eigenvalue weighted by Gasteiger charge is -2.32. The minimum Gasteiger partial charge on any atom is -0.322 e. The van der Waals surface area contributed by atoms with Gasteiger partial charge in [-0.3, -0.25) is 14.7 Å². The Balaban J connectivity index is 1.48. The molecule has 0 unspecified atom stereocenters. The number of benzene rings is 2. The standard InChI is InChI=1S/C32H33ClN4O/c1-5-24-8-7-15-34-31(24)25(6-2)11-12-26-20-27(10-9-23(26)3)32(38)35-29-14-13-28(30(33)21-29)22-37-18-16-36(4)17-19-37/h5-10,13-15,20-21H,1,16-19,22H2,2-4H3,(H,35,38)/b25-6-. The molecule has 2 heterocycles. The molecule has 0 aliphatic carbocycles. The Morgan fingerprint density at radius 2 is 1.95 bits per heavy atom. The van der Waals surface area contributed by atoms with Crippen LogP contribution in [-0.4, -0.2) is 53.9 Å². The third-order valence-electron chi connectivity index (χ3n) is 6.74. The summed E-state index contributed by atoms with van der Waals surface area (Å²) in [7, 11) is 2.14. The molecule has 0 saturated carbocycles. The summed E-state index contributed by atoms with van der Waals surface area (Å²) < 4.78 is 0. The molecule has 38 heavy (non-hydrogen) atoms. The number of pyridine rings is 1. The van der Waals surface area contributed by atoms with Crippen molar-refractivity contribution in [2.75, 3.05) is 38.5 Å². The van der Waals surface area contributed by atoms with E-state index in [0.717, 1.165) is 66.2 Å². The molecule has 1 aliphatic heterocycles. The van der Waals surface area contributed by atoms with Crippen LogP contribution in [0.2, 0.25) is 5.02 Å². The van der Waals surface area contributed by atoms with Crippen molar-refractivity contribution < 1.29 is 4.79 Å². The summed E-state index contributed by atoms with van der Waals surface area (Å²) in [4.78, 5) is 22.3.